The minimum absolute atomic E-state index is 0.308. The molecule has 160 valence electrons. The maximum absolute atomic E-state index is 12.8. The Hall–Kier alpha value is -4.46. The number of carbonyl (C=O) groups excluding carboxylic acids is 1. The topological polar surface area (TPSA) is 108 Å². The highest BCUT2D eigenvalue weighted by Crippen LogP contribution is 2.18. The van der Waals surface area contributed by atoms with Gasteiger partial charge in [0, 0.05) is 10.9 Å². The molecule has 0 bridgehead atoms. The van der Waals surface area contributed by atoms with Crippen molar-refractivity contribution in [3.05, 3.63) is 106 Å². The molecular weight excluding hydrogens is 406 g/mol. The molecule has 0 aliphatic heterocycles. The Morgan fingerprint density at radius 3 is 2.56 bits per heavy atom. The summed E-state index contributed by atoms with van der Waals surface area (Å²) in [5.41, 5.74) is 4.38. The van der Waals surface area contributed by atoms with Gasteiger partial charge in [0.05, 0.1) is 18.7 Å². The zero-order chi connectivity index (χ0) is 22.3. The highest BCUT2D eigenvalue weighted by Gasteiger charge is 2.20. The number of ether oxygens (including phenoxy) is 1. The highest BCUT2D eigenvalue weighted by molar-refractivity contribution is 5.94. The molecule has 3 N–H and O–H groups in total. The van der Waals surface area contributed by atoms with Crippen LogP contribution in [0.15, 0.2) is 88.8 Å². The minimum atomic E-state index is -0.800. The fraction of sp³-hybridized carbons (Fsp3) is 0.0833. The molecule has 0 aliphatic carbocycles. The molecule has 8 heteroatoms. The van der Waals surface area contributed by atoms with E-state index in [1.807, 2.05) is 36.4 Å². The Morgan fingerprint density at radius 2 is 1.78 bits per heavy atom. The van der Waals surface area contributed by atoms with E-state index in [1.165, 1.54) is 0 Å². The number of benzene rings is 3. The van der Waals surface area contributed by atoms with Crippen LogP contribution in [0, 0.1) is 0 Å². The molecule has 0 radical (unpaired) electrons. The van der Waals surface area contributed by atoms with E-state index in [9.17, 15) is 9.59 Å². The first-order valence-corrected chi connectivity index (χ1v) is 9.91. The number of hydrogen-bond donors (Lipinski definition) is 3. The van der Waals surface area contributed by atoms with Crippen LogP contribution in [0.25, 0.3) is 10.8 Å². The predicted molar refractivity (Wildman–Crippen MR) is 123 cm³/mol. The van der Waals surface area contributed by atoms with Gasteiger partial charge in [-0.15, -0.1) is 0 Å². The zero-order valence-electron chi connectivity index (χ0n) is 17.3. The molecule has 4 rings (SSSR count). The van der Waals surface area contributed by atoms with Gasteiger partial charge in [-0.25, -0.2) is 5.10 Å². The monoisotopic (exact) mass is 427 g/mol. The standard InChI is InChI=1S/C24H21N5O3/c1-32-18-11-7-8-16(14-18)15-25-28-22(26-23(30)17-9-3-2-4-10-17)21-19-12-5-6-13-20(19)24(31)29-27-21/h2-15,22,28H,1H3,(H,26,30)(H,29,31)/b25-15+. The third-order valence-corrected chi connectivity index (χ3v) is 4.82. The number of nitrogens with zero attached hydrogens (tertiary/aromatic N) is 2. The maximum atomic E-state index is 12.8. The molecule has 0 spiro atoms. The number of amides is 1. The first kappa shape index (κ1) is 20.8. The van der Waals surface area contributed by atoms with Gasteiger partial charge in [-0.3, -0.25) is 15.0 Å². The first-order valence-electron chi connectivity index (χ1n) is 9.91. The normalized spacial score (nSPS) is 11.9. The number of hydrogen-bond acceptors (Lipinski definition) is 6. The van der Waals surface area contributed by atoms with Crippen LogP contribution in [-0.2, 0) is 0 Å². The molecule has 1 aromatic heterocycles. The van der Waals surface area contributed by atoms with Gasteiger partial charge in [0.1, 0.15) is 11.4 Å². The summed E-state index contributed by atoms with van der Waals surface area (Å²) in [5.74, 6) is 0.396. The molecule has 0 saturated carbocycles. The van der Waals surface area contributed by atoms with Crippen molar-refractivity contribution in [1.29, 1.82) is 0 Å². The van der Waals surface area contributed by atoms with E-state index in [-0.39, 0.29) is 11.5 Å². The van der Waals surface area contributed by atoms with Gasteiger partial charge in [-0.05, 0) is 35.9 Å². The largest absolute Gasteiger partial charge is 0.497 e. The summed E-state index contributed by atoms with van der Waals surface area (Å²) in [6.07, 6.45) is 0.809. The second kappa shape index (κ2) is 9.57. The molecular formula is C24H21N5O3. The van der Waals surface area contributed by atoms with Crippen LogP contribution in [0.5, 0.6) is 5.75 Å². The van der Waals surface area contributed by atoms with E-state index in [0.717, 1.165) is 5.56 Å². The number of aromatic amines is 1. The second-order valence-electron chi connectivity index (χ2n) is 6.92. The van der Waals surface area contributed by atoms with Crippen molar-refractivity contribution >= 4 is 22.9 Å². The minimum Gasteiger partial charge on any atom is -0.497 e. The molecule has 8 nitrogen and oxygen atoms in total. The second-order valence-corrected chi connectivity index (χ2v) is 6.92. The molecule has 32 heavy (non-hydrogen) atoms. The van der Waals surface area contributed by atoms with Crippen molar-refractivity contribution in [1.82, 2.24) is 20.9 Å². The number of methoxy groups -OCH3 is 1. The maximum Gasteiger partial charge on any atom is 0.272 e. The van der Waals surface area contributed by atoms with E-state index in [0.29, 0.717) is 27.8 Å². The van der Waals surface area contributed by atoms with Gasteiger partial charge in [0.25, 0.3) is 11.5 Å². The van der Waals surface area contributed by atoms with Crippen LogP contribution in [0.3, 0.4) is 0 Å². The average Bonchev–Trinajstić information content (AvgIpc) is 2.84. The summed E-state index contributed by atoms with van der Waals surface area (Å²) in [4.78, 5) is 25.0. The molecule has 1 unspecified atom stereocenters. The fourth-order valence-corrected chi connectivity index (χ4v) is 3.23. The third kappa shape index (κ3) is 4.65. The molecule has 0 saturated heterocycles. The Bertz CT molecular complexity index is 1320. The van der Waals surface area contributed by atoms with E-state index < -0.39 is 6.17 Å². The summed E-state index contributed by atoms with van der Waals surface area (Å²) >= 11 is 0. The van der Waals surface area contributed by atoms with Gasteiger partial charge in [0.2, 0.25) is 0 Å². The molecule has 0 aliphatic rings. The SMILES string of the molecule is COc1cccc(/C=N/NC(NC(=O)c2ccccc2)c2n[nH]c(=O)c3ccccc23)c1. The quantitative estimate of drug-likeness (QED) is 0.239. The van der Waals surface area contributed by atoms with Gasteiger partial charge in [-0.2, -0.15) is 10.2 Å². The van der Waals surface area contributed by atoms with Crippen molar-refractivity contribution in [3.63, 3.8) is 0 Å². The molecule has 3 aromatic carbocycles. The van der Waals surface area contributed by atoms with Crippen LogP contribution in [0.1, 0.15) is 27.8 Å². The van der Waals surface area contributed by atoms with Gasteiger partial charge in [-0.1, -0.05) is 48.5 Å². The molecule has 4 aromatic rings. The van der Waals surface area contributed by atoms with Crippen molar-refractivity contribution in [2.75, 3.05) is 7.11 Å². The summed E-state index contributed by atoms with van der Waals surface area (Å²) < 4.78 is 5.23. The van der Waals surface area contributed by atoms with Crippen LogP contribution in [-0.4, -0.2) is 29.4 Å². The number of aromatic nitrogens is 2. The van der Waals surface area contributed by atoms with Crippen molar-refractivity contribution in [2.45, 2.75) is 6.17 Å². The van der Waals surface area contributed by atoms with Crippen molar-refractivity contribution in [3.8, 4) is 5.75 Å². The van der Waals surface area contributed by atoms with Gasteiger partial charge in [0.15, 0.2) is 6.17 Å². The first-order chi connectivity index (χ1) is 15.7. The lowest BCUT2D eigenvalue weighted by atomic mass is 10.1. The molecule has 1 heterocycles. The molecule has 1 amide bonds. The summed E-state index contributed by atoms with van der Waals surface area (Å²) in [6, 6.07) is 23.3. The molecule has 0 fully saturated rings. The van der Waals surface area contributed by atoms with E-state index >= 15 is 0 Å². The smallest absolute Gasteiger partial charge is 0.272 e. The zero-order valence-corrected chi connectivity index (χ0v) is 17.3. The average molecular weight is 427 g/mol. The number of nitrogens with one attached hydrogen (secondary N) is 3. The van der Waals surface area contributed by atoms with Gasteiger partial charge >= 0.3 is 0 Å². The lowest BCUT2D eigenvalue weighted by Gasteiger charge is -2.19. The summed E-state index contributed by atoms with van der Waals surface area (Å²) in [7, 11) is 1.59. The Balaban J connectivity index is 1.67. The summed E-state index contributed by atoms with van der Waals surface area (Å²) in [6.45, 7) is 0. The Morgan fingerprint density at radius 1 is 1.03 bits per heavy atom. The van der Waals surface area contributed by atoms with Crippen LogP contribution >= 0.6 is 0 Å². The van der Waals surface area contributed by atoms with E-state index in [4.69, 9.17) is 4.74 Å². The van der Waals surface area contributed by atoms with E-state index in [2.05, 4.69) is 26.0 Å². The number of carbonyl (C=O) groups is 1. The fourth-order valence-electron chi connectivity index (χ4n) is 3.23. The number of rotatable bonds is 7. The van der Waals surface area contributed by atoms with Crippen LogP contribution < -0.4 is 21.0 Å². The number of hydrazone groups is 1. The lowest BCUT2D eigenvalue weighted by Crippen LogP contribution is -2.37. The molecule has 1 atom stereocenters. The van der Waals surface area contributed by atoms with Crippen molar-refractivity contribution < 1.29 is 9.53 Å². The highest BCUT2D eigenvalue weighted by atomic mass is 16.5. The predicted octanol–water partition coefficient (Wildman–Crippen LogP) is 2.98. The van der Waals surface area contributed by atoms with Gasteiger partial charge < -0.3 is 10.1 Å². The summed E-state index contributed by atoms with van der Waals surface area (Å²) in [5, 5.41) is 15.0. The lowest BCUT2D eigenvalue weighted by molar-refractivity contribution is 0.0928. The van der Waals surface area contributed by atoms with Crippen LogP contribution in [0.2, 0.25) is 0 Å². The Kier molecular flexibility index (Phi) is 6.22. The van der Waals surface area contributed by atoms with Crippen molar-refractivity contribution in [2.24, 2.45) is 5.10 Å². The number of H-pyrrole nitrogens is 1. The van der Waals surface area contributed by atoms with Crippen LogP contribution in [0.4, 0.5) is 0 Å². The third-order valence-electron chi connectivity index (χ3n) is 4.82. The van der Waals surface area contributed by atoms with E-state index in [1.54, 1.807) is 55.8 Å². The Labute approximate surface area is 183 Å². The number of fused-ring (bicyclic) bond motifs is 1.